The summed E-state index contributed by atoms with van der Waals surface area (Å²) < 4.78 is 1.19. The molecule has 2 aromatic heterocycles. The number of hydrogen-bond donors (Lipinski definition) is 1. The Hall–Kier alpha value is -2.64. The summed E-state index contributed by atoms with van der Waals surface area (Å²) in [5.41, 5.74) is 4.88. The minimum Gasteiger partial charge on any atom is -0.359 e. The van der Waals surface area contributed by atoms with E-state index in [9.17, 15) is 5.26 Å². The van der Waals surface area contributed by atoms with Gasteiger partial charge in [0.05, 0.1) is 26.3 Å². The van der Waals surface area contributed by atoms with Crippen molar-refractivity contribution in [2.45, 2.75) is 6.92 Å². The fraction of sp³-hybridized carbons (Fsp3) is 0.0588. The Morgan fingerprint density at radius 3 is 3.00 bits per heavy atom. The summed E-state index contributed by atoms with van der Waals surface area (Å²) in [4.78, 5) is 7.72. The minimum absolute atomic E-state index is 0.675. The lowest BCUT2D eigenvalue weighted by Gasteiger charge is -2.00. The second-order valence-electron chi connectivity index (χ2n) is 4.96. The molecule has 0 aliphatic carbocycles. The van der Waals surface area contributed by atoms with Gasteiger partial charge in [0.25, 0.3) is 0 Å². The van der Waals surface area contributed by atoms with Gasteiger partial charge in [-0.05, 0) is 30.7 Å². The van der Waals surface area contributed by atoms with Gasteiger partial charge in [-0.1, -0.05) is 18.2 Å². The molecule has 100 valence electrons. The molecule has 3 nitrogen and oxygen atoms in total. The second-order valence-corrected chi connectivity index (χ2v) is 6.19. The zero-order valence-electron chi connectivity index (χ0n) is 11.3. The molecule has 0 fully saturated rings. The summed E-state index contributed by atoms with van der Waals surface area (Å²) in [6.45, 7) is 2.02. The number of rotatable bonds is 1. The van der Waals surface area contributed by atoms with E-state index in [0.29, 0.717) is 5.56 Å². The molecule has 21 heavy (non-hydrogen) atoms. The van der Waals surface area contributed by atoms with E-state index in [1.165, 1.54) is 4.70 Å². The summed E-state index contributed by atoms with van der Waals surface area (Å²) >= 11 is 1.70. The fourth-order valence-corrected chi connectivity index (χ4v) is 3.56. The highest BCUT2D eigenvalue weighted by Gasteiger charge is 2.10. The molecule has 0 aliphatic rings. The molecule has 0 unspecified atom stereocenters. The Morgan fingerprint density at radius 1 is 1.24 bits per heavy atom. The minimum atomic E-state index is 0.675. The van der Waals surface area contributed by atoms with Crippen molar-refractivity contribution in [2.75, 3.05) is 0 Å². The highest BCUT2D eigenvalue weighted by molar-refractivity contribution is 7.18. The van der Waals surface area contributed by atoms with Crippen LogP contribution in [-0.4, -0.2) is 9.97 Å². The molecule has 0 atom stereocenters. The van der Waals surface area contributed by atoms with Crippen LogP contribution >= 0.6 is 11.3 Å². The van der Waals surface area contributed by atoms with E-state index in [2.05, 4.69) is 34.2 Å². The number of para-hydroxylation sites is 1. The number of thiazole rings is 1. The van der Waals surface area contributed by atoms with E-state index in [4.69, 9.17) is 0 Å². The third kappa shape index (κ3) is 1.83. The van der Waals surface area contributed by atoms with Crippen LogP contribution < -0.4 is 0 Å². The van der Waals surface area contributed by atoms with Gasteiger partial charge in [0, 0.05) is 17.1 Å². The number of nitrogens with one attached hydrogen (secondary N) is 1. The standard InChI is InChI=1S/C17H11N3S/c1-10-20-15-6-5-11(7-16(15)21-10)14-9-19-17-12(8-18)3-2-4-13(14)17/h2-7,9,19H,1H3. The number of aryl methyl sites for hydroxylation is 1. The Morgan fingerprint density at radius 2 is 2.14 bits per heavy atom. The van der Waals surface area contributed by atoms with Crippen molar-refractivity contribution >= 4 is 32.5 Å². The average Bonchev–Trinajstić information content (AvgIpc) is 3.08. The van der Waals surface area contributed by atoms with Gasteiger partial charge in [0.1, 0.15) is 6.07 Å². The Bertz CT molecular complexity index is 1020. The second kappa shape index (κ2) is 4.44. The van der Waals surface area contributed by atoms with Gasteiger partial charge in [-0.2, -0.15) is 5.26 Å². The van der Waals surface area contributed by atoms with Gasteiger partial charge in [-0.25, -0.2) is 4.98 Å². The van der Waals surface area contributed by atoms with Crippen molar-refractivity contribution in [1.82, 2.24) is 9.97 Å². The zero-order valence-corrected chi connectivity index (χ0v) is 12.2. The molecule has 0 spiro atoms. The van der Waals surface area contributed by atoms with Gasteiger partial charge >= 0.3 is 0 Å². The van der Waals surface area contributed by atoms with Gasteiger partial charge < -0.3 is 4.98 Å². The predicted molar refractivity (Wildman–Crippen MR) is 86.4 cm³/mol. The lowest BCUT2D eigenvalue weighted by Crippen LogP contribution is -1.78. The predicted octanol–water partition coefficient (Wildman–Crippen LogP) is 4.62. The Labute approximate surface area is 125 Å². The molecule has 0 radical (unpaired) electrons. The number of aromatic nitrogens is 2. The van der Waals surface area contributed by atoms with Crippen molar-refractivity contribution in [3.05, 3.63) is 53.2 Å². The maximum atomic E-state index is 9.18. The quantitative estimate of drug-likeness (QED) is 0.555. The van der Waals surface area contributed by atoms with E-state index in [1.54, 1.807) is 11.3 Å². The summed E-state index contributed by atoms with van der Waals surface area (Å²) in [6, 6.07) is 14.3. The topological polar surface area (TPSA) is 52.5 Å². The van der Waals surface area contributed by atoms with Crippen molar-refractivity contribution in [3.63, 3.8) is 0 Å². The van der Waals surface area contributed by atoms with Crippen LogP contribution in [0.25, 0.3) is 32.2 Å². The van der Waals surface area contributed by atoms with Crippen molar-refractivity contribution < 1.29 is 0 Å². The van der Waals surface area contributed by atoms with Gasteiger partial charge in [0.15, 0.2) is 0 Å². The van der Waals surface area contributed by atoms with E-state index in [0.717, 1.165) is 32.6 Å². The number of fused-ring (bicyclic) bond motifs is 2. The SMILES string of the molecule is Cc1nc2ccc(-c3c[nH]c4c(C#N)cccc34)cc2s1. The van der Waals surface area contributed by atoms with Gasteiger partial charge in [0.2, 0.25) is 0 Å². The van der Waals surface area contributed by atoms with Crippen LogP contribution in [0.1, 0.15) is 10.6 Å². The molecule has 0 saturated heterocycles. The summed E-state index contributed by atoms with van der Waals surface area (Å²) in [6.07, 6.45) is 1.97. The van der Waals surface area contributed by atoms with E-state index < -0.39 is 0 Å². The highest BCUT2D eigenvalue weighted by Crippen LogP contribution is 2.33. The largest absolute Gasteiger partial charge is 0.359 e. The first-order valence-electron chi connectivity index (χ1n) is 6.64. The summed E-state index contributed by atoms with van der Waals surface area (Å²) in [5.74, 6) is 0. The molecule has 2 aromatic carbocycles. The Balaban J connectivity index is 1.98. The fourth-order valence-electron chi connectivity index (χ4n) is 2.69. The maximum Gasteiger partial charge on any atom is 0.101 e. The van der Waals surface area contributed by atoms with Crippen molar-refractivity contribution in [3.8, 4) is 17.2 Å². The number of nitrogens with zero attached hydrogens (tertiary/aromatic N) is 2. The first-order chi connectivity index (χ1) is 10.3. The molecule has 4 aromatic rings. The smallest absolute Gasteiger partial charge is 0.101 e. The van der Waals surface area contributed by atoms with Crippen molar-refractivity contribution in [2.24, 2.45) is 0 Å². The van der Waals surface area contributed by atoms with Crippen LogP contribution in [0.4, 0.5) is 0 Å². The first-order valence-corrected chi connectivity index (χ1v) is 7.45. The van der Waals surface area contributed by atoms with Crippen LogP contribution in [0.15, 0.2) is 42.6 Å². The summed E-state index contributed by atoms with van der Waals surface area (Å²) in [7, 11) is 0. The first kappa shape index (κ1) is 12.1. The molecule has 0 aliphatic heterocycles. The molecule has 0 bridgehead atoms. The summed E-state index contributed by atoms with van der Waals surface area (Å²) in [5, 5.41) is 11.3. The number of aromatic amines is 1. The molecular formula is C17H11N3S. The van der Waals surface area contributed by atoms with Gasteiger partial charge in [-0.15, -0.1) is 11.3 Å². The highest BCUT2D eigenvalue weighted by atomic mass is 32.1. The number of nitriles is 1. The number of H-pyrrole nitrogens is 1. The molecule has 1 N–H and O–H groups in total. The monoisotopic (exact) mass is 289 g/mol. The maximum absolute atomic E-state index is 9.18. The zero-order chi connectivity index (χ0) is 14.4. The molecule has 4 rings (SSSR count). The Kier molecular flexibility index (Phi) is 2.56. The van der Waals surface area contributed by atoms with Crippen LogP contribution in [0.3, 0.4) is 0 Å². The van der Waals surface area contributed by atoms with E-state index in [-0.39, 0.29) is 0 Å². The number of hydrogen-bond acceptors (Lipinski definition) is 3. The third-order valence-corrected chi connectivity index (χ3v) is 4.58. The molecule has 0 saturated carbocycles. The van der Waals surface area contributed by atoms with Crippen LogP contribution in [0.5, 0.6) is 0 Å². The lowest BCUT2D eigenvalue weighted by molar-refractivity contribution is 1.35. The normalized spacial score (nSPS) is 11.0. The third-order valence-electron chi connectivity index (χ3n) is 3.64. The van der Waals surface area contributed by atoms with Crippen molar-refractivity contribution in [1.29, 1.82) is 5.26 Å². The molecule has 4 heteroatoms. The van der Waals surface area contributed by atoms with E-state index in [1.807, 2.05) is 31.3 Å². The molecule has 0 amide bonds. The van der Waals surface area contributed by atoms with Crippen LogP contribution in [0, 0.1) is 18.3 Å². The van der Waals surface area contributed by atoms with Crippen LogP contribution in [0.2, 0.25) is 0 Å². The van der Waals surface area contributed by atoms with Gasteiger partial charge in [-0.3, -0.25) is 0 Å². The van der Waals surface area contributed by atoms with Crippen LogP contribution in [-0.2, 0) is 0 Å². The molecular weight excluding hydrogens is 278 g/mol. The molecule has 2 heterocycles. The average molecular weight is 289 g/mol. The van der Waals surface area contributed by atoms with E-state index >= 15 is 0 Å². The number of benzene rings is 2. The lowest BCUT2D eigenvalue weighted by atomic mass is 10.0.